The molecule has 0 radical (unpaired) electrons. The lowest BCUT2D eigenvalue weighted by molar-refractivity contribution is -0.117. The number of aryl methyl sites for hydroxylation is 1. The zero-order valence-electron chi connectivity index (χ0n) is 22.0. The average Bonchev–Trinajstić information content (AvgIpc) is 3.34. The van der Waals surface area contributed by atoms with E-state index in [-0.39, 0.29) is 24.0 Å². The molecule has 0 saturated heterocycles. The minimum absolute atomic E-state index is 0.0235. The molecule has 0 fully saturated rings. The molecule has 1 aliphatic heterocycles. The van der Waals surface area contributed by atoms with Gasteiger partial charge in [0.1, 0.15) is 23.1 Å². The normalized spacial score (nSPS) is 13.3. The molecule has 39 heavy (non-hydrogen) atoms. The van der Waals surface area contributed by atoms with E-state index in [4.69, 9.17) is 0 Å². The van der Waals surface area contributed by atoms with Crippen LogP contribution in [0.15, 0.2) is 71.7 Å². The maximum atomic E-state index is 14.9. The molecule has 5 rings (SSSR count). The van der Waals surface area contributed by atoms with Crippen molar-refractivity contribution >= 4 is 23.0 Å². The Bertz CT molecular complexity index is 1620. The quantitative estimate of drug-likeness (QED) is 0.360. The first-order chi connectivity index (χ1) is 18.7. The molecule has 1 unspecified atom stereocenters. The van der Waals surface area contributed by atoms with Gasteiger partial charge in [0.15, 0.2) is 0 Å². The van der Waals surface area contributed by atoms with Crippen LogP contribution in [0.4, 0.5) is 25.8 Å². The average molecular weight is 530 g/mol. The van der Waals surface area contributed by atoms with Gasteiger partial charge in [0, 0.05) is 23.5 Å². The molecular weight excluding hydrogens is 500 g/mol. The summed E-state index contributed by atoms with van der Waals surface area (Å²) < 4.78 is 30.1. The Kier molecular flexibility index (Phi) is 7.26. The molecule has 1 aliphatic rings. The summed E-state index contributed by atoms with van der Waals surface area (Å²) in [6.45, 7) is 4.21. The van der Waals surface area contributed by atoms with Crippen molar-refractivity contribution in [1.82, 2.24) is 14.9 Å². The summed E-state index contributed by atoms with van der Waals surface area (Å²) in [6.07, 6.45) is 2.00. The van der Waals surface area contributed by atoms with Gasteiger partial charge in [-0.25, -0.2) is 13.8 Å². The third kappa shape index (κ3) is 5.31. The van der Waals surface area contributed by atoms with Gasteiger partial charge in [-0.1, -0.05) is 24.3 Å². The molecule has 200 valence electrons. The van der Waals surface area contributed by atoms with Gasteiger partial charge in [0.25, 0.3) is 5.56 Å². The molecule has 2 N–H and O–H groups in total. The van der Waals surface area contributed by atoms with Gasteiger partial charge in [-0.2, -0.15) is 0 Å². The highest BCUT2D eigenvalue weighted by molar-refractivity contribution is 5.94. The number of carbonyl (C=O) groups is 1. The van der Waals surface area contributed by atoms with E-state index < -0.39 is 17.4 Å². The maximum Gasteiger partial charge on any atom is 0.277 e. The third-order valence-electron chi connectivity index (χ3n) is 7.05. The van der Waals surface area contributed by atoms with Gasteiger partial charge < -0.3 is 15.5 Å². The second-order valence-electron chi connectivity index (χ2n) is 9.69. The summed E-state index contributed by atoms with van der Waals surface area (Å²) in [4.78, 5) is 32.7. The van der Waals surface area contributed by atoms with E-state index in [2.05, 4.69) is 15.6 Å². The fraction of sp³-hybridized carbons (Fsp3) is 0.233. The lowest BCUT2D eigenvalue weighted by Gasteiger charge is -2.21. The molecule has 7 nitrogen and oxygen atoms in total. The van der Waals surface area contributed by atoms with E-state index in [0.29, 0.717) is 30.0 Å². The number of hydrogen-bond donors (Lipinski definition) is 2. The number of nitrogens with zero attached hydrogens (tertiary/aromatic N) is 3. The molecular formula is C30H29F2N5O2. The van der Waals surface area contributed by atoms with Crippen LogP contribution in [-0.4, -0.2) is 35.1 Å². The zero-order chi connectivity index (χ0) is 27.7. The maximum absolute atomic E-state index is 14.9. The summed E-state index contributed by atoms with van der Waals surface area (Å²) in [5, 5.41) is 5.50. The van der Waals surface area contributed by atoms with Crippen LogP contribution in [0.3, 0.4) is 0 Å². The summed E-state index contributed by atoms with van der Waals surface area (Å²) in [5.74, 6) is -0.722. The first-order valence-electron chi connectivity index (χ1n) is 12.7. The number of carbonyl (C=O) groups excluding carboxylic acids is 1. The Morgan fingerprint density at radius 3 is 2.64 bits per heavy atom. The smallest absolute Gasteiger partial charge is 0.277 e. The molecule has 9 heteroatoms. The third-order valence-corrected chi connectivity index (χ3v) is 7.05. The first-order valence-corrected chi connectivity index (χ1v) is 12.7. The number of likely N-dealkylation sites (N-methyl/N-ethyl adjacent to an activating group) is 1. The van der Waals surface area contributed by atoms with Gasteiger partial charge in [-0.05, 0) is 80.4 Å². The van der Waals surface area contributed by atoms with Gasteiger partial charge in [0.05, 0.1) is 18.8 Å². The molecule has 3 aromatic carbocycles. The topological polar surface area (TPSA) is 79.3 Å². The largest absolute Gasteiger partial charge is 0.341 e. The number of hydrogen-bond acceptors (Lipinski definition) is 5. The minimum Gasteiger partial charge on any atom is -0.341 e. The summed E-state index contributed by atoms with van der Waals surface area (Å²) in [7, 11) is 1.65. The second-order valence-corrected chi connectivity index (χ2v) is 9.69. The zero-order valence-corrected chi connectivity index (χ0v) is 22.0. The van der Waals surface area contributed by atoms with E-state index in [1.54, 1.807) is 20.0 Å². The summed E-state index contributed by atoms with van der Waals surface area (Å²) in [6, 6.07) is 16.3. The Labute approximate surface area is 225 Å². The number of amides is 1. The number of halogens is 2. The standard InChI is InChI=1S/C30H29F2N5O2/c1-18-6-4-5-7-25(18)28-34-16-26(35-29(38)19(2)33-3)30(39)37(28)17-20-12-23(32)15-24(13-20)36-11-10-21-14-22(31)8-9-27(21)36/h4-9,12-16,19,33H,10-11,17H2,1-3H3,(H,35,38). The van der Waals surface area contributed by atoms with Gasteiger partial charge in [-0.15, -0.1) is 0 Å². The highest BCUT2D eigenvalue weighted by Gasteiger charge is 2.23. The minimum atomic E-state index is -0.517. The fourth-order valence-corrected chi connectivity index (χ4v) is 4.84. The van der Waals surface area contributed by atoms with E-state index in [0.717, 1.165) is 22.4 Å². The van der Waals surface area contributed by atoms with E-state index >= 15 is 0 Å². The first kappa shape index (κ1) is 26.2. The van der Waals surface area contributed by atoms with Crippen LogP contribution in [0, 0.1) is 18.6 Å². The highest BCUT2D eigenvalue weighted by Crippen LogP contribution is 2.36. The lowest BCUT2D eigenvalue weighted by atomic mass is 10.1. The predicted molar refractivity (Wildman–Crippen MR) is 148 cm³/mol. The van der Waals surface area contributed by atoms with Crippen molar-refractivity contribution in [3.63, 3.8) is 0 Å². The van der Waals surface area contributed by atoms with Crippen LogP contribution in [0.1, 0.15) is 23.6 Å². The van der Waals surface area contributed by atoms with Gasteiger partial charge in [-0.3, -0.25) is 14.2 Å². The highest BCUT2D eigenvalue weighted by atomic mass is 19.1. The number of aromatic nitrogens is 2. The van der Waals surface area contributed by atoms with Gasteiger partial charge in [0.2, 0.25) is 5.91 Å². The molecule has 0 bridgehead atoms. The number of fused-ring (bicyclic) bond motifs is 1. The molecule has 1 aromatic heterocycles. The monoisotopic (exact) mass is 529 g/mol. The van der Waals surface area contributed by atoms with Crippen molar-refractivity contribution < 1.29 is 13.6 Å². The SMILES string of the molecule is CNC(C)C(=O)Nc1cnc(-c2ccccc2C)n(Cc2cc(F)cc(N3CCc4cc(F)ccc43)c2)c1=O. The molecule has 4 aromatic rings. The summed E-state index contributed by atoms with van der Waals surface area (Å²) >= 11 is 0. The number of anilines is 3. The van der Waals surface area contributed by atoms with Crippen LogP contribution in [-0.2, 0) is 17.8 Å². The number of rotatable bonds is 7. The van der Waals surface area contributed by atoms with Crippen LogP contribution in [0.25, 0.3) is 11.4 Å². The van der Waals surface area contributed by atoms with Crippen molar-refractivity contribution in [2.24, 2.45) is 0 Å². The van der Waals surface area contributed by atoms with Crippen molar-refractivity contribution in [2.45, 2.75) is 32.9 Å². The lowest BCUT2D eigenvalue weighted by Crippen LogP contribution is -2.38. The van der Waals surface area contributed by atoms with Crippen LogP contribution >= 0.6 is 0 Å². The molecule has 1 amide bonds. The van der Waals surface area contributed by atoms with Crippen molar-refractivity contribution in [1.29, 1.82) is 0 Å². The van der Waals surface area contributed by atoms with Crippen molar-refractivity contribution in [3.8, 4) is 11.4 Å². The molecule has 0 saturated carbocycles. The Hall–Kier alpha value is -4.37. The molecule has 2 heterocycles. The van der Waals surface area contributed by atoms with Crippen molar-refractivity contribution in [3.05, 3.63) is 106 Å². The van der Waals surface area contributed by atoms with Crippen LogP contribution < -0.4 is 21.1 Å². The van der Waals surface area contributed by atoms with Gasteiger partial charge >= 0.3 is 0 Å². The summed E-state index contributed by atoms with van der Waals surface area (Å²) in [5.41, 5.74) is 4.10. The second kappa shape index (κ2) is 10.8. The fourth-order valence-electron chi connectivity index (χ4n) is 4.84. The Morgan fingerprint density at radius 2 is 1.87 bits per heavy atom. The molecule has 1 atom stereocenters. The number of benzene rings is 3. The van der Waals surface area contributed by atoms with E-state index in [1.807, 2.05) is 42.2 Å². The Morgan fingerprint density at radius 1 is 1.08 bits per heavy atom. The van der Waals surface area contributed by atoms with Crippen LogP contribution in [0.5, 0.6) is 0 Å². The molecule has 0 aliphatic carbocycles. The van der Waals surface area contributed by atoms with E-state index in [9.17, 15) is 18.4 Å². The van der Waals surface area contributed by atoms with Crippen LogP contribution in [0.2, 0.25) is 0 Å². The van der Waals surface area contributed by atoms with E-state index in [1.165, 1.54) is 35.0 Å². The predicted octanol–water partition coefficient (Wildman–Crippen LogP) is 4.79. The molecule has 0 spiro atoms. The van der Waals surface area contributed by atoms with Crippen molar-refractivity contribution in [2.75, 3.05) is 23.8 Å². The Balaban J connectivity index is 1.57. The number of nitrogens with one attached hydrogen (secondary N) is 2.